The lowest BCUT2D eigenvalue weighted by Crippen LogP contribution is -2.49. The summed E-state index contributed by atoms with van der Waals surface area (Å²) in [5.41, 5.74) is 1.93. The Kier molecular flexibility index (Phi) is 4.50. The van der Waals surface area contributed by atoms with Crippen molar-refractivity contribution in [1.29, 1.82) is 0 Å². The number of carbonyl (C=O) groups is 2. The lowest BCUT2D eigenvalue weighted by molar-refractivity contribution is -0.134. The molecule has 2 aromatic rings. The number of hydrogen-bond acceptors (Lipinski definition) is 3. The molecule has 142 valence electrons. The van der Waals surface area contributed by atoms with Gasteiger partial charge in [-0.05, 0) is 38.0 Å². The van der Waals surface area contributed by atoms with E-state index in [1.807, 2.05) is 42.3 Å². The van der Waals surface area contributed by atoms with E-state index in [-0.39, 0.29) is 11.8 Å². The normalized spacial score (nSPS) is 19.0. The average Bonchev–Trinajstić information content (AvgIpc) is 3.32. The molecule has 27 heavy (non-hydrogen) atoms. The Morgan fingerprint density at radius 2 is 1.78 bits per heavy atom. The number of nitrogens with one attached hydrogen (secondary N) is 1. The fraction of sp³-hybridized carbons (Fsp3) is 0.476. The molecule has 2 heterocycles. The van der Waals surface area contributed by atoms with Crippen molar-refractivity contribution in [1.82, 2.24) is 19.8 Å². The number of likely N-dealkylation sites (tertiary alicyclic amines) is 1. The standard InChI is InChI=1S/C21H26N4O2/c1-15(20(27)25-12-10-21(8-9-21)11-13-25)23-19(26)17-14-22-18(24(17)2)16-6-4-3-5-7-16/h3-7,14-15H,8-13H2,1-2H3,(H,23,26)/t15-/m1/s1. The molecule has 1 aliphatic heterocycles. The van der Waals surface area contributed by atoms with E-state index < -0.39 is 6.04 Å². The molecular formula is C21H26N4O2. The summed E-state index contributed by atoms with van der Waals surface area (Å²) in [6, 6.07) is 9.20. The van der Waals surface area contributed by atoms with E-state index in [0.717, 1.165) is 37.3 Å². The number of carbonyl (C=O) groups excluding carboxylic acids is 2. The first-order valence-corrected chi connectivity index (χ1v) is 9.66. The van der Waals surface area contributed by atoms with Gasteiger partial charge >= 0.3 is 0 Å². The van der Waals surface area contributed by atoms with Gasteiger partial charge in [-0.25, -0.2) is 4.98 Å². The van der Waals surface area contributed by atoms with Gasteiger partial charge in [-0.1, -0.05) is 30.3 Å². The van der Waals surface area contributed by atoms with Crippen molar-refractivity contribution in [3.63, 3.8) is 0 Å². The van der Waals surface area contributed by atoms with Gasteiger partial charge in [0, 0.05) is 25.7 Å². The zero-order valence-electron chi connectivity index (χ0n) is 15.9. The molecule has 1 N–H and O–H groups in total. The molecule has 1 spiro atoms. The van der Waals surface area contributed by atoms with E-state index in [0.29, 0.717) is 11.1 Å². The highest BCUT2D eigenvalue weighted by Crippen LogP contribution is 2.53. The van der Waals surface area contributed by atoms with Crippen molar-refractivity contribution in [3.8, 4) is 11.4 Å². The van der Waals surface area contributed by atoms with Gasteiger partial charge in [-0.15, -0.1) is 0 Å². The van der Waals surface area contributed by atoms with Crippen LogP contribution in [0.15, 0.2) is 36.5 Å². The quantitative estimate of drug-likeness (QED) is 0.904. The zero-order valence-corrected chi connectivity index (χ0v) is 15.9. The van der Waals surface area contributed by atoms with Crippen LogP contribution in [0.2, 0.25) is 0 Å². The fourth-order valence-electron chi connectivity index (χ4n) is 3.96. The van der Waals surface area contributed by atoms with Crippen molar-refractivity contribution in [2.24, 2.45) is 12.5 Å². The summed E-state index contributed by atoms with van der Waals surface area (Å²) in [5, 5.41) is 2.84. The maximum atomic E-state index is 12.7. The Bertz CT molecular complexity index is 844. The lowest BCUT2D eigenvalue weighted by atomic mass is 9.93. The van der Waals surface area contributed by atoms with Crippen LogP contribution in [0.3, 0.4) is 0 Å². The largest absolute Gasteiger partial charge is 0.341 e. The maximum Gasteiger partial charge on any atom is 0.270 e. The first-order valence-electron chi connectivity index (χ1n) is 9.66. The molecule has 6 heteroatoms. The minimum Gasteiger partial charge on any atom is -0.341 e. The highest BCUT2D eigenvalue weighted by molar-refractivity contribution is 5.96. The second-order valence-electron chi connectivity index (χ2n) is 7.91. The van der Waals surface area contributed by atoms with Crippen LogP contribution >= 0.6 is 0 Å². The van der Waals surface area contributed by atoms with Gasteiger partial charge < -0.3 is 14.8 Å². The summed E-state index contributed by atoms with van der Waals surface area (Å²) in [4.78, 5) is 31.6. The third kappa shape index (κ3) is 3.48. The highest BCUT2D eigenvalue weighted by atomic mass is 16.2. The van der Waals surface area contributed by atoms with Crippen molar-refractivity contribution in [2.75, 3.05) is 13.1 Å². The molecule has 2 amide bonds. The molecule has 1 saturated heterocycles. The van der Waals surface area contributed by atoms with Gasteiger partial charge in [0.15, 0.2) is 0 Å². The van der Waals surface area contributed by atoms with Gasteiger partial charge in [-0.2, -0.15) is 0 Å². The lowest BCUT2D eigenvalue weighted by Gasteiger charge is -2.33. The summed E-state index contributed by atoms with van der Waals surface area (Å²) in [7, 11) is 1.82. The van der Waals surface area contributed by atoms with E-state index in [1.165, 1.54) is 12.8 Å². The summed E-state index contributed by atoms with van der Waals surface area (Å²) in [6.45, 7) is 3.38. The molecule has 0 unspecified atom stereocenters. The molecule has 1 aliphatic carbocycles. The Morgan fingerprint density at radius 3 is 2.41 bits per heavy atom. The van der Waals surface area contributed by atoms with Gasteiger partial charge in [0.25, 0.3) is 5.91 Å². The topological polar surface area (TPSA) is 67.2 Å². The van der Waals surface area contributed by atoms with Gasteiger partial charge in [0.05, 0.1) is 6.20 Å². The van der Waals surface area contributed by atoms with Crippen LogP contribution in [0.25, 0.3) is 11.4 Å². The van der Waals surface area contributed by atoms with Crippen molar-refractivity contribution in [3.05, 3.63) is 42.2 Å². The number of benzene rings is 1. The van der Waals surface area contributed by atoms with Crippen LogP contribution in [-0.2, 0) is 11.8 Å². The third-order valence-corrected chi connectivity index (χ3v) is 6.06. The molecule has 0 bridgehead atoms. The number of rotatable bonds is 4. The van der Waals surface area contributed by atoms with Crippen LogP contribution < -0.4 is 5.32 Å². The molecule has 2 aliphatic rings. The Hall–Kier alpha value is -2.63. The fourth-order valence-corrected chi connectivity index (χ4v) is 3.96. The van der Waals surface area contributed by atoms with Gasteiger partial charge in [0.1, 0.15) is 17.6 Å². The number of piperidine rings is 1. The van der Waals surface area contributed by atoms with E-state index in [4.69, 9.17) is 0 Å². The van der Waals surface area contributed by atoms with Crippen LogP contribution in [0, 0.1) is 5.41 Å². The van der Waals surface area contributed by atoms with Crippen LogP contribution in [-0.4, -0.2) is 45.4 Å². The number of imidazole rings is 1. The predicted octanol–water partition coefficient (Wildman–Crippen LogP) is 2.61. The summed E-state index contributed by atoms with van der Waals surface area (Å²) in [6.07, 6.45) is 6.38. The second kappa shape index (κ2) is 6.83. The maximum absolute atomic E-state index is 12.7. The molecule has 4 rings (SSSR count). The van der Waals surface area contributed by atoms with Gasteiger partial charge in [0.2, 0.25) is 5.91 Å². The molecular weight excluding hydrogens is 340 g/mol. The van der Waals surface area contributed by atoms with Crippen molar-refractivity contribution >= 4 is 11.8 Å². The Balaban J connectivity index is 1.40. The smallest absolute Gasteiger partial charge is 0.270 e. The SMILES string of the molecule is C[C@@H](NC(=O)c1cnc(-c2ccccc2)n1C)C(=O)N1CCC2(CC1)CC2. The Labute approximate surface area is 159 Å². The number of aromatic nitrogens is 2. The minimum atomic E-state index is -0.541. The summed E-state index contributed by atoms with van der Waals surface area (Å²) >= 11 is 0. The highest BCUT2D eigenvalue weighted by Gasteiger charge is 2.45. The van der Waals surface area contributed by atoms with Crippen molar-refractivity contribution in [2.45, 2.75) is 38.6 Å². The molecule has 1 aromatic carbocycles. The predicted molar refractivity (Wildman–Crippen MR) is 103 cm³/mol. The number of nitrogens with zero attached hydrogens (tertiary/aromatic N) is 3. The minimum absolute atomic E-state index is 0.00398. The molecule has 2 fully saturated rings. The summed E-state index contributed by atoms with van der Waals surface area (Å²) in [5.74, 6) is 0.457. The summed E-state index contributed by atoms with van der Waals surface area (Å²) < 4.78 is 1.76. The first-order chi connectivity index (χ1) is 13.0. The zero-order chi connectivity index (χ0) is 19.0. The second-order valence-corrected chi connectivity index (χ2v) is 7.91. The molecule has 1 aromatic heterocycles. The Morgan fingerprint density at radius 1 is 1.11 bits per heavy atom. The van der Waals surface area contributed by atoms with Gasteiger partial charge in [-0.3, -0.25) is 9.59 Å². The van der Waals surface area contributed by atoms with E-state index in [1.54, 1.807) is 17.7 Å². The molecule has 6 nitrogen and oxygen atoms in total. The van der Waals surface area contributed by atoms with E-state index >= 15 is 0 Å². The third-order valence-electron chi connectivity index (χ3n) is 6.06. The average molecular weight is 366 g/mol. The number of amides is 2. The first kappa shape index (κ1) is 17.8. The monoisotopic (exact) mass is 366 g/mol. The molecule has 1 atom stereocenters. The van der Waals surface area contributed by atoms with Crippen LogP contribution in [0.4, 0.5) is 0 Å². The van der Waals surface area contributed by atoms with Crippen LogP contribution in [0.5, 0.6) is 0 Å². The number of hydrogen-bond donors (Lipinski definition) is 1. The molecule has 1 saturated carbocycles. The van der Waals surface area contributed by atoms with Crippen LogP contribution in [0.1, 0.15) is 43.1 Å². The van der Waals surface area contributed by atoms with E-state index in [9.17, 15) is 9.59 Å². The van der Waals surface area contributed by atoms with E-state index in [2.05, 4.69) is 10.3 Å². The molecule has 0 radical (unpaired) electrons. The van der Waals surface area contributed by atoms with Crippen molar-refractivity contribution < 1.29 is 9.59 Å².